The van der Waals surface area contributed by atoms with Gasteiger partial charge in [0.25, 0.3) is 5.22 Å². The first kappa shape index (κ1) is 17.3. The molecule has 25 heavy (non-hydrogen) atoms. The second-order valence-electron chi connectivity index (χ2n) is 4.95. The Morgan fingerprint density at radius 3 is 2.80 bits per heavy atom. The molecule has 0 atom stereocenters. The summed E-state index contributed by atoms with van der Waals surface area (Å²) in [7, 11) is 1.59. The number of carbonyl (C=O) groups is 1. The van der Waals surface area contributed by atoms with Gasteiger partial charge in [-0.15, -0.1) is 10.2 Å². The van der Waals surface area contributed by atoms with E-state index in [0.29, 0.717) is 27.6 Å². The average molecular weight is 376 g/mol. The highest BCUT2D eigenvalue weighted by atomic mass is 35.5. The van der Waals surface area contributed by atoms with Gasteiger partial charge in [-0.05, 0) is 42.5 Å². The summed E-state index contributed by atoms with van der Waals surface area (Å²) in [5, 5.41) is 11.6. The number of amides is 1. The zero-order valence-electron chi connectivity index (χ0n) is 13.2. The number of hydrogen-bond donors (Lipinski definition) is 1. The molecule has 8 heteroatoms. The molecule has 6 nitrogen and oxygen atoms in total. The summed E-state index contributed by atoms with van der Waals surface area (Å²) in [6.07, 6.45) is 0. The monoisotopic (exact) mass is 375 g/mol. The molecule has 0 spiro atoms. The van der Waals surface area contributed by atoms with Gasteiger partial charge >= 0.3 is 0 Å². The molecule has 0 saturated heterocycles. The maximum absolute atomic E-state index is 12.0. The van der Waals surface area contributed by atoms with Crippen molar-refractivity contribution >= 4 is 35.0 Å². The minimum absolute atomic E-state index is 0.155. The lowest BCUT2D eigenvalue weighted by Crippen LogP contribution is -2.13. The summed E-state index contributed by atoms with van der Waals surface area (Å²) < 4.78 is 10.7. The van der Waals surface area contributed by atoms with E-state index in [4.69, 9.17) is 20.8 Å². The van der Waals surface area contributed by atoms with Crippen LogP contribution in [0.15, 0.2) is 58.2 Å². The van der Waals surface area contributed by atoms with E-state index in [9.17, 15) is 4.79 Å². The summed E-state index contributed by atoms with van der Waals surface area (Å²) in [5.74, 6) is 1.06. The van der Waals surface area contributed by atoms with Gasteiger partial charge < -0.3 is 14.5 Å². The summed E-state index contributed by atoms with van der Waals surface area (Å²) in [6, 6.07) is 14.2. The quantitative estimate of drug-likeness (QED) is 0.653. The van der Waals surface area contributed by atoms with Crippen LogP contribution in [0.3, 0.4) is 0 Å². The van der Waals surface area contributed by atoms with E-state index in [-0.39, 0.29) is 11.7 Å². The molecule has 1 aromatic heterocycles. The Kier molecular flexibility index (Phi) is 5.57. The van der Waals surface area contributed by atoms with Gasteiger partial charge in [0.2, 0.25) is 11.8 Å². The average Bonchev–Trinajstić information content (AvgIpc) is 3.11. The van der Waals surface area contributed by atoms with Gasteiger partial charge in [-0.2, -0.15) is 0 Å². The lowest BCUT2D eigenvalue weighted by atomic mass is 10.2. The molecule has 0 fully saturated rings. The smallest absolute Gasteiger partial charge is 0.277 e. The zero-order chi connectivity index (χ0) is 17.6. The number of aromatic nitrogens is 2. The van der Waals surface area contributed by atoms with E-state index in [1.807, 2.05) is 18.2 Å². The molecule has 0 aliphatic heterocycles. The minimum Gasteiger partial charge on any atom is -0.497 e. The first-order valence-corrected chi connectivity index (χ1v) is 8.66. The van der Waals surface area contributed by atoms with E-state index in [2.05, 4.69) is 15.5 Å². The number of thioether (sulfide) groups is 1. The van der Waals surface area contributed by atoms with Crippen molar-refractivity contribution in [2.75, 3.05) is 18.2 Å². The van der Waals surface area contributed by atoms with Crippen LogP contribution in [0.1, 0.15) is 0 Å². The third-order valence-electron chi connectivity index (χ3n) is 3.18. The molecule has 3 rings (SSSR count). The Hall–Kier alpha value is -2.51. The number of nitrogens with zero attached hydrogens (tertiary/aromatic N) is 2. The third kappa shape index (κ3) is 4.74. The van der Waals surface area contributed by atoms with Gasteiger partial charge in [-0.25, -0.2) is 0 Å². The Balaban J connectivity index is 1.57. The maximum atomic E-state index is 12.0. The predicted molar refractivity (Wildman–Crippen MR) is 97.1 cm³/mol. The van der Waals surface area contributed by atoms with E-state index >= 15 is 0 Å². The van der Waals surface area contributed by atoms with E-state index in [1.165, 1.54) is 11.8 Å². The maximum Gasteiger partial charge on any atom is 0.277 e. The third-order valence-corrected chi connectivity index (χ3v) is 4.25. The van der Waals surface area contributed by atoms with Crippen molar-refractivity contribution in [1.82, 2.24) is 10.2 Å². The number of nitrogens with one attached hydrogen (secondary N) is 1. The molecule has 2 aromatic carbocycles. The molecule has 3 aromatic rings. The number of methoxy groups -OCH3 is 1. The van der Waals surface area contributed by atoms with Crippen LogP contribution >= 0.6 is 23.4 Å². The summed E-state index contributed by atoms with van der Waals surface area (Å²) in [4.78, 5) is 12.0. The van der Waals surface area contributed by atoms with Crippen LogP contribution in [0.4, 0.5) is 5.69 Å². The number of carbonyl (C=O) groups excluding carboxylic acids is 1. The van der Waals surface area contributed by atoms with E-state index < -0.39 is 0 Å². The van der Waals surface area contributed by atoms with Crippen LogP contribution in [0.2, 0.25) is 5.02 Å². The number of halogens is 1. The summed E-state index contributed by atoms with van der Waals surface area (Å²) in [6.45, 7) is 0. The molecule has 0 bridgehead atoms. The first-order chi connectivity index (χ1) is 12.1. The largest absolute Gasteiger partial charge is 0.497 e. The minimum atomic E-state index is -0.173. The second kappa shape index (κ2) is 8.04. The van der Waals surface area contributed by atoms with Crippen LogP contribution in [0.5, 0.6) is 5.75 Å². The number of ether oxygens (including phenoxy) is 1. The molecule has 0 aliphatic rings. The van der Waals surface area contributed by atoms with Crippen molar-refractivity contribution in [1.29, 1.82) is 0 Å². The van der Waals surface area contributed by atoms with Crippen molar-refractivity contribution in [3.63, 3.8) is 0 Å². The number of hydrogen-bond acceptors (Lipinski definition) is 6. The highest BCUT2D eigenvalue weighted by Gasteiger charge is 2.12. The zero-order valence-corrected chi connectivity index (χ0v) is 14.8. The van der Waals surface area contributed by atoms with Gasteiger partial charge in [0.05, 0.1) is 12.9 Å². The molecular weight excluding hydrogens is 362 g/mol. The fraction of sp³-hybridized carbons (Fsp3) is 0.118. The number of anilines is 1. The molecule has 0 unspecified atom stereocenters. The Morgan fingerprint density at radius 1 is 1.24 bits per heavy atom. The summed E-state index contributed by atoms with van der Waals surface area (Å²) >= 11 is 6.98. The highest BCUT2D eigenvalue weighted by molar-refractivity contribution is 7.99. The molecule has 128 valence electrons. The Morgan fingerprint density at radius 2 is 2.04 bits per heavy atom. The van der Waals surface area contributed by atoms with Crippen LogP contribution in [-0.4, -0.2) is 29.0 Å². The Labute approximate surface area is 153 Å². The van der Waals surface area contributed by atoms with Crippen LogP contribution in [-0.2, 0) is 4.79 Å². The fourth-order valence-corrected chi connectivity index (χ4v) is 2.69. The van der Waals surface area contributed by atoms with E-state index in [1.54, 1.807) is 37.4 Å². The van der Waals surface area contributed by atoms with Crippen LogP contribution in [0, 0.1) is 0 Å². The first-order valence-electron chi connectivity index (χ1n) is 7.30. The lowest BCUT2D eigenvalue weighted by molar-refractivity contribution is -0.113. The molecule has 0 radical (unpaired) electrons. The number of benzene rings is 2. The van der Waals surface area contributed by atoms with Crippen molar-refractivity contribution in [3.05, 3.63) is 53.6 Å². The van der Waals surface area contributed by atoms with Crippen molar-refractivity contribution in [3.8, 4) is 17.2 Å². The van der Waals surface area contributed by atoms with Gasteiger partial charge in [0.15, 0.2) is 0 Å². The van der Waals surface area contributed by atoms with Gasteiger partial charge in [-0.1, -0.05) is 29.4 Å². The van der Waals surface area contributed by atoms with Gasteiger partial charge in [-0.3, -0.25) is 4.79 Å². The molecule has 1 heterocycles. The normalized spacial score (nSPS) is 10.5. The Bertz CT molecular complexity index is 868. The van der Waals surface area contributed by atoms with Crippen molar-refractivity contribution in [2.45, 2.75) is 5.22 Å². The van der Waals surface area contributed by atoms with Crippen molar-refractivity contribution in [2.24, 2.45) is 0 Å². The van der Waals surface area contributed by atoms with Gasteiger partial charge in [0.1, 0.15) is 5.75 Å². The molecule has 0 aliphatic carbocycles. The number of rotatable bonds is 6. The van der Waals surface area contributed by atoms with E-state index in [0.717, 1.165) is 5.56 Å². The van der Waals surface area contributed by atoms with Crippen LogP contribution < -0.4 is 10.1 Å². The predicted octanol–water partition coefficient (Wildman–Crippen LogP) is 4.13. The molecular formula is C17H14ClN3O3S. The molecule has 1 N–H and O–H groups in total. The van der Waals surface area contributed by atoms with Gasteiger partial charge in [0, 0.05) is 16.3 Å². The highest BCUT2D eigenvalue weighted by Crippen LogP contribution is 2.26. The standard InChI is InChI=1S/C17H14ClN3O3S/c1-23-14-4-2-3-11(9-14)16-20-21-17(24-16)25-10-15(22)19-13-7-5-12(18)6-8-13/h2-9H,10H2,1H3,(H,19,22). The fourth-order valence-electron chi connectivity index (χ4n) is 2.00. The van der Waals surface area contributed by atoms with Crippen molar-refractivity contribution < 1.29 is 13.9 Å². The summed E-state index contributed by atoms with van der Waals surface area (Å²) in [5.41, 5.74) is 1.43. The molecule has 0 saturated carbocycles. The van der Waals surface area contributed by atoms with Crippen LogP contribution in [0.25, 0.3) is 11.5 Å². The lowest BCUT2D eigenvalue weighted by Gasteiger charge is -2.03. The SMILES string of the molecule is COc1cccc(-c2nnc(SCC(=O)Nc3ccc(Cl)cc3)o2)c1. The second-order valence-corrected chi connectivity index (χ2v) is 6.31. The topological polar surface area (TPSA) is 77.2 Å². The molecule has 1 amide bonds.